The van der Waals surface area contributed by atoms with Gasteiger partial charge in [-0.3, -0.25) is 9.35 Å². The SMILES string of the molecule is CCCCCCCCCCCCCC/C=C\CCCCCCCCCCCCCCCCCCCC(=O)NC(COC1OC(CO)C(O)C(OS(=O)(=O)O)C1O)C(O)/C=C/CCCCCCCCCCCCCCCCCCCCCCC. The number of carbonyl (C=O) groups is 1. The van der Waals surface area contributed by atoms with Crippen LogP contribution in [0.3, 0.4) is 0 Å². The van der Waals surface area contributed by atoms with Crippen molar-refractivity contribution in [2.24, 2.45) is 0 Å². The molecule has 492 valence electrons. The molecule has 12 nitrogen and oxygen atoms in total. The molecule has 1 fully saturated rings. The number of aliphatic hydroxyl groups excluding tert-OH is 4. The van der Waals surface area contributed by atoms with Crippen LogP contribution in [0.4, 0.5) is 0 Å². The molecule has 83 heavy (non-hydrogen) atoms. The van der Waals surface area contributed by atoms with Crippen molar-refractivity contribution in [3.63, 3.8) is 0 Å². The molecular weight excluding hydrogens is 1060 g/mol. The van der Waals surface area contributed by atoms with E-state index < -0.39 is 59.9 Å². The smallest absolute Gasteiger partial charge is 0.394 e. The monoisotopic (exact) mass is 1200 g/mol. The van der Waals surface area contributed by atoms with E-state index in [1.54, 1.807) is 6.08 Å². The van der Waals surface area contributed by atoms with Crippen LogP contribution in [0, 0.1) is 0 Å². The Morgan fingerprint density at radius 1 is 0.470 bits per heavy atom. The van der Waals surface area contributed by atoms with Crippen LogP contribution in [0.15, 0.2) is 24.3 Å². The van der Waals surface area contributed by atoms with E-state index in [1.807, 2.05) is 6.08 Å². The summed E-state index contributed by atoms with van der Waals surface area (Å²) in [5.74, 6) is -0.254. The predicted molar refractivity (Wildman–Crippen MR) is 347 cm³/mol. The van der Waals surface area contributed by atoms with Crippen molar-refractivity contribution < 1.29 is 51.8 Å². The van der Waals surface area contributed by atoms with Crippen molar-refractivity contribution in [2.45, 2.75) is 403 Å². The fourth-order valence-corrected chi connectivity index (χ4v) is 12.3. The normalized spacial score (nSPS) is 18.5. The molecule has 0 spiro atoms. The Morgan fingerprint density at radius 2 is 0.771 bits per heavy atom. The zero-order valence-corrected chi connectivity index (χ0v) is 54.9. The lowest BCUT2D eigenvalue weighted by atomic mass is 9.99. The highest BCUT2D eigenvalue weighted by Crippen LogP contribution is 2.26. The molecular formula is C70H135NO11S. The van der Waals surface area contributed by atoms with E-state index in [-0.39, 0.29) is 18.9 Å². The van der Waals surface area contributed by atoms with Gasteiger partial charge in [0.25, 0.3) is 0 Å². The van der Waals surface area contributed by atoms with Crippen LogP contribution >= 0.6 is 0 Å². The Bertz CT molecular complexity index is 1550. The first-order chi connectivity index (χ1) is 40.5. The number of hydrogen-bond donors (Lipinski definition) is 6. The lowest BCUT2D eigenvalue weighted by Gasteiger charge is -2.41. The van der Waals surface area contributed by atoms with E-state index >= 15 is 0 Å². The predicted octanol–water partition coefficient (Wildman–Crippen LogP) is 18.7. The van der Waals surface area contributed by atoms with E-state index in [2.05, 4.69) is 35.5 Å². The summed E-state index contributed by atoms with van der Waals surface area (Å²) in [5.41, 5.74) is 0. The maximum atomic E-state index is 13.2. The first-order valence-electron chi connectivity index (χ1n) is 35.7. The Balaban J connectivity index is 2.23. The quantitative estimate of drug-likeness (QED) is 0.0193. The van der Waals surface area contributed by atoms with Crippen molar-refractivity contribution in [1.82, 2.24) is 5.32 Å². The van der Waals surface area contributed by atoms with Gasteiger partial charge in [0.05, 0.1) is 25.4 Å². The molecule has 0 radical (unpaired) electrons. The number of carbonyl (C=O) groups excluding carboxylic acids is 1. The van der Waals surface area contributed by atoms with Gasteiger partial charge in [0.1, 0.15) is 24.4 Å². The molecule has 1 rings (SSSR count). The standard InChI is InChI=1S/C70H135NO11S/c1-3-5-7-9-11-13-15-17-19-21-23-25-27-28-29-30-31-32-33-34-35-36-38-40-42-44-46-48-50-52-54-56-58-60-66(74)71-63(62-80-70-68(76)69(82-83(77,78)79)67(75)65(61-72)81-70)64(73)59-57-55-53-51-49-47-45-43-41-39-37-26-24-22-20-18-16-14-12-10-8-6-4-2/h28-29,57,59,63-65,67-70,72-73,75-76H,3-27,30-56,58,60-62H2,1-2H3,(H,71,74)(H,77,78,79)/b29-28-,59-57+. The number of unbranched alkanes of at least 4 members (excludes halogenated alkanes) is 50. The first kappa shape index (κ1) is 79.6. The third-order valence-electron chi connectivity index (χ3n) is 17.2. The van der Waals surface area contributed by atoms with Crippen LogP contribution in [0.2, 0.25) is 0 Å². The Morgan fingerprint density at radius 3 is 1.08 bits per heavy atom. The molecule has 13 heteroatoms. The molecule has 6 N–H and O–H groups in total. The zero-order valence-electron chi connectivity index (χ0n) is 54.0. The van der Waals surface area contributed by atoms with Crippen LogP contribution in [-0.4, -0.2) is 95.4 Å². The van der Waals surface area contributed by atoms with Crippen molar-refractivity contribution in [1.29, 1.82) is 0 Å². The minimum atomic E-state index is -5.09. The fourth-order valence-electron chi connectivity index (χ4n) is 11.8. The molecule has 1 heterocycles. The fraction of sp³-hybridized carbons (Fsp3) is 0.929. The highest BCUT2D eigenvalue weighted by atomic mass is 32.3. The van der Waals surface area contributed by atoms with Gasteiger partial charge >= 0.3 is 10.4 Å². The molecule has 1 aliphatic heterocycles. The summed E-state index contributed by atoms with van der Waals surface area (Å²) in [4.78, 5) is 13.2. The number of aliphatic hydroxyl groups is 4. The minimum Gasteiger partial charge on any atom is -0.394 e. The van der Waals surface area contributed by atoms with Gasteiger partial charge in [0.2, 0.25) is 5.91 Å². The van der Waals surface area contributed by atoms with Gasteiger partial charge in [-0.2, -0.15) is 8.42 Å². The molecule has 0 saturated carbocycles. The van der Waals surface area contributed by atoms with Gasteiger partial charge < -0.3 is 35.2 Å². The summed E-state index contributed by atoms with van der Waals surface area (Å²) in [6.07, 6.45) is 68.3. The second-order valence-electron chi connectivity index (χ2n) is 25.2. The van der Waals surface area contributed by atoms with E-state index in [0.717, 1.165) is 38.5 Å². The molecule has 0 aliphatic carbocycles. The van der Waals surface area contributed by atoms with Crippen LogP contribution < -0.4 is 5.32 Å². The van der Waals surface area contributed by atoms with E-state index in [0.29, 0.717) is 6.42 Å². The number of ether oxygens (including phenoxy) is 2. The third kappa shape index (κ3) is 51.2. The average Bonchev–Trinajstić information content (AvgIpc) is 3.56. The molecule has 0 aromatic carbocycles. The molecule has 1 aliphatic rings. The number of nitrogens with one attached hydrogen (secondary N) is 1. The second-order valence-corrected chi connectivity index (χ2v) is 26.2. The summed E-state index contributed by atoms with van der Waals surface area (Å²) in [7, 11) is -5.09. The van der Waals surface area contributed by atoms with E-state index in [1.165, 1.54) is 295 Å². The largest absolute Gasteiger partial charge is 0.397 e. The summed E-state index contributed by atoms with van der Waals surface area (Å²) in [6.45, 7) is 3.46. The Labute approximate surface area is 512 Å². The summed E-state index contributed by atoms with van der Waals surface area (Å²) in [5, 5.41) is 45.2. The second kappa shape index (κ2) is 59.5. The van der Waals surface area contributed by atoms with E-state index in [9.17, 15) is 38.2 Å². The number of allylic oxidation sites excluding steroid dienone is 3. The number of hydrogen-bond acceptors (Lipinski definition) is 10. The minimum absolute atomic E-state index is 0.254. The highest BCUT2D eigenvalue weighted by Gasteiger charge is 2.48. The van der Waals surface area contributed by atoms with Gasteiger partial charge in [-0.25, -0.2) is 4.18 Å². The molecule has 1 saturated heterocycles. The summed E-state index contributed by atoms with van der Waals surface area (Å²) < 4.78 is 48.1. The summed E-state index contributed by atoms with van der Waals surface area (Å²) in [6, 6.07) is -0.944. The molecule has 0 bridgehead atoms. The van der Waals surface area contributed by atoms with Gasteiger partial charge in [-0.1, -0.05) is 334 Å². The lowest BCUT2D eigenvalue weighted by Crippen LogP contribution is -2.61. The van der Waals surface area contributed by atoms with Crippen LogP contribution in [0.25, 0.3) is 0 Å². The summed E-state index contributed by atoms with van der Waals surface area (Å²) >= 11 is 0. The van der Waals surface area contributed by atoms with Gasteiger partial charge in [-0.05, 0) is 44.9 Å². The zero-order chi connectivity index (χ0) is 60.4. The Kier molecular flexibility index (Phi) is 57.1. The molecule has 0 aromatic rings. The molecule has 7 unspecified atom stereocenters. The topological polar surface area (TPSA) is 192 Å². The number of amides is 1. The highest BCUT2D eigenvalue weighted by molar-refractivity contribution is 7.80. The van der Waals surface area contributed by atoms with Gasteiger partial charge in [0, 0.05) is 6.42 Å². The maximum absolute atomic E-state index is 13.2. The number of rotatable bonds is 64. The van der Waals surface area contributed by atoms with Crippen LogP contribution in [0.1, 0.15) is 361 Å². The van der Waals surface area contributed by atoms with Crippen molar-refractivity contribution in [3.05, 3.63) is 24.3 Å². The third-order valence-corrected chi connectivity index (χ3v) is 17.7. The maximum Gasteiger partial charge on any atom is 0.397 e. The van der Waals surface area contributed by atoms with Crippen molar-refractivity contribution in [2.75, 3.05) is 13.2 Å². The molecule has 1 amide bonds. The van der Waals surface area contributed by atoms with Gasteiger partial charge in [0.15, 0.2) is 6.29 Å². The Hall–Kier alpha value is -1.42. The average molecular weight is 1200 g/mol. The molecule has 7 atom stereocenters. The van der Waals surface area contributed by atoms with Crippen LogP contribution in [-0.2, 0) is 28.9 Å². The van der Waals surface area contributed by atoms with Crippen molar-refractivity contribution in [3.8, 4) is 0 Å². The van der Waals surface area contributed by atoms with Crippen LogP contribution in [0.5, 0.6) is 0 Å². The van der Waals surface area contributed by atoms with Crippen molar-refractivity contribution >= 4 is 16.3 Å². The van der Waals surface area contributed by atoms with E-state index in [4.69, 9.17) is 9.47 Å². The molecule has 0 aromatic heterocycles. The van der Waals surface area contributed by atoms with Gasteiger partial charge in [-0.15, -0.1) is 0 Å². The first-order valence-corrected chi connectivity index (χ1v) is 37.1. The lowest BCUT2D eigenvalue weighted by molar-refractivity contribution is -0.298.